The Morgan fingerprint density at radius 1 is 1.75 bits per heavy atom. The van der Waals surface area contributed by atoms with E-state index >= 15 is 0 Å². The predicted molar refractivity (Wildman–Crippen MR) is 33.1 cm³/mol. The molecule has 0 radical (unpaired) electrons. The molecule has 0 rings (SSSR count). The fourth-order valence-corrected chi connectivity index (χ4v) is 0. The Bertz CT molecular complexity index is 6.00. The minimum absolute atomic E-state index is 0. The molecule has 0 heterocycles. The Hall–Kier alpha value is 2.21. The van der Waals surface area contributed by atoms with Crippen molar-refractivity contribution >= 4 is 68.1 Å². The van der Waals surface area contributed by atoms with Crippen LogP contribution < -0.4 is 0 Å². The summed E-state index contributed by atoms with van der Waals surface area (Å²) in [5.74, 6) is 0. The van der Waals surface area contributed by atoms with Crippen molar-refractivity contribution < 1.29 is 0 Å². The summed E-state index contributed by atoms with van der Waals surface area (Å²) in [6.45, 7) is 2.11. The van der Waals surface area contributed by atoms with Gasteiger partial charge in [-0.25, -0.2) is 0 Å². The van der Waals surface area contributed by atoms with Gasteiger partial charge >= 0.3 is 45.5 Å². The molecule has 0 spiro atoms. The third-order valence-electron chi connectivity index (χ3n) is 0. The molecule has 0 aromatic rings. The first-order valence-corrected chi connectivity index (χ1v) is 2.50. The Balaban J connectivity index is 0. The molecule has 0 aromatic heterocycles. The van der Waals surface area contributed by atoms with E-state index in [2.05, 4.69) is 29.5 Å². The fourth-order valence-electron chi connectivity index (χ4n) is 0. The zero-order valence-electron chi connectivity index (χ0n) is 2.09. The monoisotopic (exact) mass is 246 g/mol. The average Bonchev–Trinajstić information content (AvgIpc) is 0.918. The topological polar surface area (TPSA) is 0 Å². The molecule has 4 heavy (non-hydrogen) atoms. The van der Waals surface area contributed by atoms with Gasteiger partial charge in [0.2, 0.25) is 0 Å². The number of rotatable bonds is 0. The number of alkyl halides is 1. The zero-order chi connectivity index (χ0) is 2.71. The van der Waals surface area contributed by atoms with Gasteiger partial charge in [0.15, 0.2) is 0 Å². The molecular weight excluding hydrogens is 239 g/mol. The molecule has 24 valence electrons. The van der Waals surface area contributed by atoms with Gasteiger partial charge < -0.3 is 0 Å². The normalized spacial score (nSPS) is 4.50. The average molecular weight is 246 g/mol. The van der Waals surface area contributed by atoms with Crippen molar-refractivity contribution in [1.82, 2.24) is 0 Å². The van der Waals surface area contributed by atoms with E-state index in [-0.39, 0.29) is 45.5 Å². The van der Waals surface area contributed by atoms with Gasteiger partial charge in [-0.2, -0.15) is 0 Å². The second kappa shape index (κ2) is 8.96. The summed E-state index contributed by atoms with van der Waals surface area (Å²) in [5.41, 5.74) is 0. The number of hydrogen-bond donors (Lipinski definition) is 0. The maximum absolute atomic E-state index is 2.29. The standard InChI is InChI=1S/C2H5I.Sr.2H/c1-2-3;;;/h2H2,1H3;;;. The van der Waals surface area contributed by atoms with Crippen LogP contribution in [0.5, 0.6) is 0 Å². The first kappa shape index (κ1) is 9.51. The Morgan fingerprint density at radius 2 is 1.75 bits per heavy atom. The molecule has 0 fully saturated rings. The van der Waals surface area contributed by atoms with Gasteiger partial charge in [-0.1, -0.05) is 29.5 Å². The summed E-state index contributed by atoms with van der Waals surface area (Å²) in [4.78, 5) is 0. The quantitative estimate of drug-likeness (QED) is 0.332. The molecule has 2 heteroatoms. The van der Waals surface area contributed by atoms with E-state index in [0.717, 1.165) is 0 Å². The summed E-state index contributed by atoms with van der Waals surface area (Å²) < 4.78 is 1.22. The zero-order valence-corrected chi connectivity index (χ0v) is 4.24. The van der Waals surface area contributed by atoms with E-state index in [1.807, 2.05) is 0 Å². The van der Waals surface area contributed by atoms with Gasteiger partial charge in [-0.3, -0.25) is 0 Å². The first-order valence-electron chi connectivity index (χ1n) is 0.974. The molecule has 0 atom stereocenters. The van der Waals surface area contributed by atoms with Crippen LogP contribution in [-0.2, 0) is 0 Å². The van der Waals surface area contributed by atoms with Crippen LogP contribution in [0.15, 0.2) is 0 Å². The molecule has 0 aliphatic carbocycles. The minimum atomic E-state index is 0. The van der Waals surface area contributed by atoms with Crippen molar-refractivity contribution in [3.63, 3.8) is 0 Å². The first-order chi connectivity index (χ1) is 1.41. The maximum atomic E-state index is 2.29. The molecular formula is C2H7ISr. The molecule has 0 aliphatic heterocycles. The fraction of sp³-hybridized carbons (Fsp3) is 1.00. The van der Waals surface area contributed by atoms with Crippen LogP contribution in [0.2, 0.25) is 0 Å². The van der Waals surface area contributed by atoms with Crippen molar-refractivity contribution in [2.45, 2.75) is 6.92 Å². The number of hydrogen-bond acceptors (Lipinski definition) is 0. The second-order valence-electron chi connectivity index (χ2n) is 0.267. The Morgan fingerprint density at radius 3 is 1.75 bits per heavy atom. The van der Waals surface area contributed by atoms with Crippen molar-refractivity contribution in [3.05, 3.63) is 0 Å². The Labute approximate surface area is 77.8 Å². The van der Waals surface area contributed by atoms with E-state index in [0.29, 0.717) is 0 Å². The molecule has 0 aromatic carbocycles. The van der Waals surface area contributed by atoms with Gasteiger partial charge in [0.25, 0.3) is 0 Å². The van der Waals surface area contributed by atoms with Crippen LogP contribution in [0, 0.1) is 0 Å². The van der Waals surface area contributed by atoms with Crippen molar-refractivity contribution in [1.29, 1.82) is 0 Å². The van der Waals surface area contributed by atoms with Crippen molar-refractivity contribution in [3.8, 4) is 0 Å². The summed E-state index contributed by atoms with van der Waals surface area (Å²) in [6.07, 6.45) is 0. The molecule has 0 bridgehead atoms. The van der Waals surface area contributed by atoms with E-state index in [9.17, 15) is 0 Å². The molecule has 0 N–H and O–H groups in total. The van der Waals surface area contributed by atoms with Gasteiger partial charge in [0, 0.05) is 0 Å². The molecule has 0 unspecified atom stereocenters. The molecule has 0 aliphatic rings. The van der Waals surface area contributed by atoms with E-state index in [1.54, 1.807) is 0 Å². The van der Waals surface area contributed by atoms with Gasteiger partial charge in [-0.05, 0) is 4.43 Å². The summed E-state index contributed by atoms with van der Waals surface area (Å²) in [5, 5.41) is 0. The van der Waals surface area contributed by atoms with E-state index in [4.69, 9.17) is 0 Å². The van der Waals surface area contributed by atoms with E-state index in [1.165, 1.54) is 4.43 Å². The van der Waals surface area contributed by atoms with Crippen molar-refractivity contribution in [2.24, 2.45) is 0 Å². The van der Waals surface area contributed by atoms with Crippen LogP contribution in [0.3, 0.4) is 0 Å². The SMILES string of the molecule is CCI.[SrH2]. The third-order valence-corrected chi connectivity index (χ3v) is 0. The second-order valence-corrected chi connectivity index (χ2v) is 1.79. The summed E-state index contributed by atoms with van der Waals surface area (Å²) in [6, 6.07) is 0. The van der Waals surface area contributed by atoms with Gasteiger partial charge in [-0.15, -0.1) is 0 Å². The van der Waals surface area contributed by atoms with E-state index < -0.39 is 0 Å². The molecule has 0 saturated heterocycles. The van der Waals surface area contributed by atoms with Crippen molar-refractivity contribution in [2.75, 3.05) is 4.43 Å². The summed E-state index contributed by atoms with van der Waals surface area (Å²) >= 11 is 2.29. The van der Waals surface area contributed by atoms with Crippen LogP contribution in [0.4, 0.5) is 0 Å². The summed E-state index contributed by atoms with van der Waals surface area (Å²) in [7, 11) is 0. The molecule has 0 nitrogen and oxygen atoms in total. The molecule has 0 amide bonds. The van der Waals surface area contributed by atoms with Crippen LogP contribution in [0.25, 0.3) is 0 Å². The Kier molecular flexibility index (Phi) is 21.3. The third kappa shape index (κ3) is 8.88. The van der Waals surface area contributed by atoms with Gasteiger partial charge in [0.1, 0.15) is 0 Å². The predicted octanol–water partition coefficient (Wildman–Crippen LogP) is 0.525. The van der Waals surface area contributed by atoms with Crippen LogP contribution in [-0.4, -0.2) is 49.9 Å². The van der Waals surface area contributed by atoms with Gasteiger partial charge in [0.05, 0.1) is 0 Å². The molecule has 0 saturated carbocycles. The van der Waals surface area contributed by atoms with Crippen LogP contribution >= 0.6 is 22.6 Å². The number of halogens is 1. The van der Waals surface area contributed by atoms with Crippen LogP contribution in [0.1, 0.15) is 6.92 Å².